The van der Waals surface area contributed by atoms with Crippen molar-refractivity contribution in [2.45, 2.75) is 20.8 Å². The zero-order valence-corrected chi connectivity index (χ0v) is 13.1. The van der Waals surface area contributed by atoms with Gasteiger partial charge in [0.1, 0.15) is 5.75 Å². The van der Waals surface area contributed by atoms with Crippen molar-refractivity contribution >= 4 is 0 Å². The van der Waals surface area contributed by atoms with Crippen molar-refractivity contribution < 1.29 is 4.74 Å². The van der Waals surface area contributed by atoms with Gasteiger partial charge in [-0.05, 0) is 40.2 Å². The highest BCUT2D eigenvalue weighted by Crippen LogP contribution is 2.09. The van der Waals surface area contributed by atoms with Gasteiger partial charge in [-0.25, -0.2) is 0 Å². The number of aryl methyl sites for hydroxylation is 1. The van der Waals surface area contributed by atoms with Crippen molar-refractivity contribution in [1.29, 1.82) is 0 Å². The third-order valence-corrected chi connectivity index (χ3v) is 2.07. The summed E-state index contributed by atoms with van der Waals surface area (Å²) in [5.41, 5.74) is 1.26. The molecule has 0 saturated heterocycles. The summed E-state index contributed by atoms with van der Waals surface area (Å²) in [5, 5.41) is 3.06. The number of ether oxygens (including phenoxy) is 1. The second kappa shape index (κ2) is 14.0. The highest BCUT2D eigenvalue weighted by Gasteiger charge is 1.85. The first-order valence-corrected chi connectivity index (χ1v) is 6.50. The van der Waals surface area contributed by atoms with Crippen LogP contribution in [0.2, 0.25) is 0 Å². The predicted molar refractivity (Wildman–Crippen MR) is 81.6 cm³/mol. The van der Waals surface area contributed by atoms with Crippen molar-refractivity contribution in [2.24, 2.45) is 0 Å². The molecule has 0 aliphatic heterocycles. The van der Waals surface area contributed by atoms with Crippen molar-refractivity contribution in [1.82, 2.24) is 10.2 Å². The van der Waals surface area contributed by atoms with Crippen LogP contribution in [0.25, 0.3) is 0 Å². The molecule has 0 aliphatic carbocycles. The van der Waals surface area contributed by atoms with Gasteiger partial charge in [0.15, 0.2) is 0 Å². The van der Waals surface area contributed by atoms with Crippen molar-refractivity contribution in [3.63, 3.8) is 0 Å². The monoisotopic (exact) mass is 254 g/mol. The summed E-state index contributed by atoms with van der Waals surface area (Å²) in [6.45, 7) is 8.25. The van der Waals surface area contributed by atoms with Crippen LogP contribution in [0.3, 0.4) is 0 Å². The van der Waals surface area contributed by atoms with Crippen LogP contribution in [0.15, 0.2) is 24.3 Å². The lowest BCUT2D eigenvalue weighted by Crippen LogP contribution is -2.23. The Bertz CT molecular complexity index is 258. The van der Waals surface area contributed by atoms with E-state index in [1.165, 1.54) is 5.56 Å². The molecule has 0 radical (unpaired) electrons. The van der Waals surface area contributed by atoms with Crippen molar-refractivity contribution in [3.05, 3.63) is 29.8 Å². The summed E-state index contributed by atoms with van der Waals surface area (Å²) in [7, 11) is 7.77. The molecule has 0 bridgehead atoms. The molecule has 0 aliphatic rings. The van der Waals surface area contributed by atoms with Crippen LogP contribution in [-0.4, -0.2) is 46.2 Å². The molecule has 3 nitrogen and oxygen atoms in total. The predicted octanol–water partition coefficient (Wildman–Crippen LogP) is 2.80. The molecule has 0 saturated carbocycles. The molecule has 0 amide bonds. The Balaban J connectivity index is 0. The van der Waals surface area contributed by atoms with Gasteiger partial charge in [0.2, 0.25) is 0 Å². The Morgan fingerprint density at radius 1 is 1.11 bits per heavy atom. The average Bonchev–Trinajstić information content (AvgIpc) is 2.40. The Hall–Kier alpha value is -1.06. The summed E-state index contributed by atoms with van der Waals surface area (Å²) in [4.78, 5) is 2.15. The molecule has 1 aromatic carbocycles. The Morgan fingerprint density at radius 2 is 1.61 bits per heavy atom. The minimum absolute atomic E-state index is 0.917. The summed E-state index contributed by atoms with van der Waals surface area (Å²) >= 11 is 0. The zero-order valence-electron chi connectivity index (χ0n) is 13.1. The Labute approximate surface area is 113 Å². The molecule has 0 atom stereocenters. The van der Waals surface area contributed by atoms with Gasteiger partial charge in [0.25, 0.3) is 0 Å². The van der Waals surface area contributed by atoms with Crippen LogP contribution in [0.4, 0.5) is 0 Å². The minimum Gasteiger partial charge on any atom is -0.497 e. The topological polar surface area (TPSA) is 24.5 Å². The first-order chi connectivity index (χ1) is 8.60. The third kappa shape index (κ3) is 13.0. The van der Waals surface area contributed by atoms with Gasteiger partial charge in [-0.1, -0.05) is 31.5 Å². The van der Waals surface area contributed by atoms with E-state index in [1.807, 2.05) is 45.2 Å². The van der Waals surface area contributed by atoms with Gasteiger partial charge in [-0.2, -0.15) is 0 Å². The smallest absolute Gasteiger partial charge is 0.118 e. The number of rotatable bonds is 4. The van der Waals surface area contributed by atoms with Gasteiger partial charge in [0.05, 0.1) is 7.11 Å². The lowest BCUT2D eigenvalue weighted by atomic mass is 10.2. The largest absolute Gasteiger partial charge is 0.497 e. The van der Waals surface area contributed by atoms with Crippen molar-refractivity contribution in [2.75, 3.05) is 41.3 Å². The van der Waals surface area contributed by atoms with Crippen LogP contribution >= 0.6 is 0 Å². The number of nitrogens with zero attached hydrogens (tertiary/aromatic N) is 1. The fraction of sp³-hybridized carbons (Fsp3) is 0.600. The number of hydrogen-bond acceptors (Lipinski definition) is 3. The van der Waals surface area contributed by atoms with Crippen LogP contribution in [0.5, 0.6) is 5.75 Å². The third-order valence-electron chi connectivity index (χ3n) is 2.07. The first-order valence-electron chi connectivity index (χ1n) is 6.50. The lowest BCUT2D eigenvalue weighted by Gasteiger charge is -2.06. The second-order valence-electron chi connectivity index (χ2n) is 3.92. The molecule has 18 heavy (non-hydrogen) atoms. The number of methoxy groups -OCH3 is 1. The van der Waals surface area contributed by atoms with Gasteiger partial charge < -0.3 is 15.0 Å². The maximum Gasteiger partial charge on any atom is 0.118 e. The van der Waals surface area contributed by atoms with Crippen LogP contribution in [-0.2, 0) is 0 Å². The average molecular weight is 254 g/mol. The molecule has 3 heteroatoms. The maximum atomic E-state index is 4.97. The molecule has 1 N–H and O–H groups in total. The van der Waals surface area contributed by atoms with Gasteiger partial charge in [-0.15, -0.1) is 0 Å². The molecular formula is C15H30N2O. The van der Waals surface area contributed by atoms with E-state index < -0.39 is 0 Å². The molecule has 1 rings (SSSR count). The second-order valence-corrected chi connectivity index (χ2v) is 3.92. The first kappa shape index (κ1) is 19.3. The van der Waals surface area contributed by atoms with E-state index in [0.717, 1.165) is 18.8 Å². The van der Waals surface area contributed by atoms with E-state index in [0.29, 0.717) is 0 Å². The molecular weight excluding hydrogens is 224 g/mol. The number of hydrogen-bond donors (Lipinski definition) is 1. The standard InChI is InChI=1S/C8H10O.C5H14N2.C2H6/c1-7-3-5-8(9-2)6-4-7;1-6-4-5-7(2)3;1-2/h3-6H,1-2H3;6H,4-5H2,1-3H3;1-2H3. The normalized spacial score (nSPS) is 8.89. The zero-order chi connectivity index (χ0) is 14.4. The number of benzene rings is 1. The SMILES string of the molecule is CC.CNCCN(C)C.COc1ccc(C)cc1. The Kier molecular flexibility index (Phi) is 15.0. The fourth-order valence-electron chi connectivity index (χ4n) is 1.01. The van der Waals surface area contributed by atoms with Gasteiger partial charge in [0, 0.05) is 13.1 Å². The van der Waals surface area contributed by atoms with Crippen LogP contribution in [0, 0.1) is 6.92 Å². The number of likely N-dealkylation sites (N-methyl/N-ethyl adjacent to an activating group) is 2. The van der Waals surface area contributed by atoms with E-state index in [1.54, 1.807) is 7.11 Å². The molecule has 0 fully saturated rings. The summed E-state index contributed by atoms with van der Waals surface area (Å²) in [6.07, 6.45) is 0. The molecule has 0 heterocycles. The summed E-state index contributed by atoms with van der Waals surface area (Å²) < 4.78 is 4.97. The number of nitrogens with one attached hydrogen (secondary N) is 1. The Morgan fingerprint density at radius 3 is 1.89 bits per heavy atom. The molecule has 0 unspecified atom stereocenters. The van der Waals surface area contributed by atoms with E-state index in [4.69, 9.17) is 4.74 Å². The summed E-state index contributed by atoms with van der Waals surface area (Å²) in [5.74, 6) is 0.917. The molecule has 0 aromatic heterocycles. The fourth-order valence-corrected chi connectivity index (χ4v) is 1.01. The van der Waals surface area contributed by atoms with Crippen LogP contribution in [0.1, 0.15) is 19.4 Å². The van der Waals surface area contributed by atoms with E-state index in [2.05, 4.69) is 31.2 Å². The molecule has 0 spiro atoms. The quantitative estimate of drug-likeness (QED) is 0.894. The molecule has 106 valence electrons. The maximum absolute atomic E-state index is 4.97. The van der Waals surface area contributed by atoms with E-state index in [-0.39, 0.29) is 0 Å². The molecule has 1 aromatic rings. The van der Waals surface area contributed by atoms with E-state index >= 15 is 0 Å². The minimum atomic E-state index is 0.917. The van der Waals surface area contributed by atoms with E-state index in [9.17, 15) is 0 Å². The van der Waals surface area contributed by atoms with Gasteiger partial charge >= 0.3 is 0 Å². The lowest BCUT2D eigenvalue weighted by molar-refractivity contribution is 0.407. The van der Waals surface area contributed by atoms with Crippen molar-refractivity contribution in [3.8, 4) is 5.75 Å². The highest BCUT2D eigenvalue weighted by molar-refractivity contribution is 5.25. The summed E-state index contributed by atoms with van der Waals surface area (Å²) in [6, 6.07) is 7.96. The highest BCUT2D eigenvalue weighted by atomic mass is 16.5. The van der Waals surface area contributed by atoms with Gasteiger partial charge in [-0.3, -0.25) is 0 Å². The van der Waals surface area contributed by atoms with Crippen LogP contribution < -0.4 is 10.1 Å².